The van der Waals surface area contributed by atoms with Crippen molar-refractivity contribution >= 4 is 11.7 Å². The van der Waals surface area contributed by atoms with Crippen molar-refractivity contribution in [2.24, 2.45) is 0 Å². The Hall–Kier alpha value is -2.50. The summed E-state index contributed by atoms with van der Waals surface area (Å²) in [6.07, 6.45) is 0. The fourth-order valence-electron chi connectivity index (χ4n) is 2.02. The lowest BCUT2D eigenvalue weighted by Gasteiger charge is -2.15. The van der Waals surface area contributed by atoms with E-state index in [9.17, 15) is 18.0 Å². The zero-order valence-corrected chi connectivity index (χ0v) is 12.0. The fourth-order valence-corrected chi connectivity index (χ4v) is 2.02. The van der Waals surface area contributed by atoms with Crippen molar-refractivity contribution in [1.29, 1.82) is 0 Å². The van der Waals surface area contributed by atoms with E-state index in [-0.39, 0.29) is 6.54 Å². The molecule has 0 saturated carbocycles. The smallest absolute Gasteiger partial charge is 0.343 e. The van der Waals surface area contributed by atoms with E-state index in [1.807, 2.05) is 6.07 Å². The Bertz CT molecular complexity index is 703. The molecule has 6 heteroatoms. The molecule has 0 bridgehead atoms. The van der Waals surface area contributed by atoms with Gasteiger partial charge in [0.25, 0.3) is 0 Å². The summed E-state index contributed by atoms with van der Waals surface area (Å²) < 4.78 is 46.3. The summed E-state index contributed by atoms with van der Waals surface area (Å²) in [5.41, 5.74) is -0.896. The monoisotopic (exact) mass is 309 g/mol. The number of carbonyl (C=O) groups is 1. The molecule has 2 rings (SSSR count). The van der Waals surface area contributed by atoms with Crippen LogP contribution in [0.1, 0.15) is 21.5 Å². The molecule has 3 nitrogen and oxygen atoms in total. The van der Waals surface area contributed by atoms with Gasteiger partial charge in [0.15, 0.2) is 17.5 Å². The van der Waals surface area contributed by atoms with Gasteiger partial charge in [0, 0.05) is 12.1 Å². The van der Waals surface area contributed by atoms with Crippen molar-refractivity contribution in [1.82, 2.24) is 0 Å². The lowest BCUT2D eigenvalue weighted by molar-refractivity contribution is 0.0595. The van der Waals surface area contributed by atoms with Crippen molar-refractivity contribution < 1.29 is 22.7 Å². The van der Waals surface area contributed by atoms with Gasteiger partial charge in [-0.3, -0.25) is 0 Å². The normalized spacial score (nSPS) is 10.4. The van der Waals surface area contributed by atoms with Gasteiger partial charge in [0.05, 0.1) is 12.8 Å². The summed E-state index contributed by atoms with van der Waals surface area (Å²) in [5.74, 6) is -4.99. The largest absolute Gasteiger partial charge is 0.465 e. The van der Waals surface area contributed by atoms with Crippen molar-refractivity contribution in [3.63, 3.8) is 0 Å². The number of hydrogen-bond acceptors (Lipinski definition) is 3. The Kier molecular flexibility index (Phi) is 4.70. The van der Waals surface area contributed by atoms with E-state index in [1.54, 1.807) is 24.3 Å². The highest BCUT2D eigenvalue weighted by atomic mass is 19.2. The predicted molar refractivity (Wildman–Crippen MR) is 76.2 cm³/mol. The maximum atomic E-state index is 14.2. The Labute approximate surface area is 125 Å². The van der Waals surface area contributed by atoms with Crippen molar-refractivity contribution in [2.45, 2.75) is 13.5 Å². The van der Waals surface area contributed by atoms with Gasteiger partial charge in [-0.1, -0.05) is 30.3 Å². The number of methoxy groups -OCH3 is 1. The van der Waals surface area contributed by atoms with Crippen LogP contribution in [-0.4, -0.2) is 13.1 Å². The molecule has 0 aliphatic carbocycles. The van der Waals surface area contributed by atoms with Gasteiger partial charge in [0.2, 0.25) is 0 Å². The summed E-state index contributed by atoms with van der Waals surface area (Å²) in [6.45, 7) is 1.24. The minimum absolute atomic E-state index is 0.145. The molecular formula is C16H14F3NO2. The SMILES string of the molecule is COC(=O)c1c(F)c(F)c(C)c(F)c1NCc1ccccc1. The Morgan fingerprint density at radius 3 is 2.32 bits per heavy atom. The minimum Gasteiger partial charge on any atom is -0.465 e. The lowest BCUT2D eigenvalue weighted by atomic mass is 10.1. The van der Waals surface area contributed by atoms with Crippen LogP contribution in [0.2, 0.25) is 0 Å². The van der Waals surface area contributed by atoms with Gasteiger partial charge in [0.1, 0.15) is 5.56 Å². The zero-order chi connectivity index (χ0) is 16.3. The number of benzene rings is 2. The molecule has 0 spiro atoms. The van der Waals surface area contributed by atoms with E-state index >= 15 is 0 Å². The minimum atomic E-state index is -1.43. The van der Waals surface area contributed by atoms with Crippen LogP contribution in [0.3, 0.4) is 0 Å². The molecular weight excluding hydrogens is 295 g/mol. The molecule has 1 N–H and O–H groups in total. The molecule has 22 heavy (non-hydrogen) atoms. The second kappa shape index (κ2) is 6.51. The molecule has 0 aliphatic rings. The van der Waals surface area contributed by atoms with E-state index < -0.39 is 40.2 Å². The molecule has 0 fully saturated rings. The van der Waals surface area contributed by atoms with Crippen LogP contribution in [0, 0.1) is 24.4 Å². The highest BCUT2D eigenvalue weighted by Crippen LogP contribution is 2.30. The van der Waals surface area contributed by atoms with Crippen LogP contribution in [0.5, 0.6) is 0 Å². The first-order chi connectivity index (χ1) is 10.5. The third kappa shape index (κ3) is 2.90. The molecule has 0 aliphatic heterocycles. The second-order valence-corrected chi connectivity index (χ2v) is 4.65. The van der Waals surface area contributed by atoms with Gasteiger partial charge in [-0.05, 0) is 12.5 Å². The number of halogens is 3. The number of nitrogens with one attached hydrogen (secondary N) is 1. The molecule has 0 radical (unpaired) electrons. The molecule has 2 aromatic rings. The molecule has 0 saturated heterocycles. The second-order valence-electron chi connectivity index (χ2n) is 4.65. The molecule has 2 aromatic carbocycles. The third-order valence-electron chi connectivity index (χ3n) is 3.24. The average molecular weight is 309 g/mol. The quantitative estimate of drug-likeness (QED) is 0.689. The van der Waals surface area contributed by atoms with E-state index in [0.717, 1.165) is 19.6 Å². The summed E-state index contributed by atoms with van der Waals surface area (Å²) >= 11 is 0. The molecule has 0 heterocycles. The first-order valence-corrected chi connectivity index (χ1v) is 6.50. The van der Waals surface area contributed by atoms with Gasteiger partial charge in [-0.25, -0.2) is 18.0 Å². The summed E-state index contributed by atoms with van der Waals surface area (Å²) in [5, 5.41) is 2.64. The fraction of sp³-hybridized carbons (Fsp3) is 0.188. The average Bonchev–Trinajstić information content (AvgIpc) is 2.55. The van der Waals surface area contributed by atoms with Gasteiger partial charge >= 0.3 is 5.97 Å². The predicted octanol–water partition coefficient (Wildman–Crippen LogP) is 3.81. The van der Waals surface area contributed by atoms with E-state index in [1.165, 1.54) is 0 Å². The number of anilines is 1. The third-order valence-corrected chi connectivity index (χ3v) is 3.24. The van der Waals surface area contributed by atoms with E-state index in [4.69, 9.17) is 0 Å². The maximum Gasteiger partial charge on any atom is 0.343 e. The number of hydrogen-bond donors (Lipinski definition) is 1. The standard InChI is InChI=1S/C16H14F3NO2/c1-9-12(17)14(19)11(16(21)22-2)15(13(9)18)20-8-10-6-4-3-5-7-10/h3-7,20H,8H2,1-2H3. The Balaban J connectivity index is 2.46. The highest BCUT2D eigenvalue weighted by molar-refractivity contribution is 5.96. The van der Waals surface area contributed by atoms with Crippen molar-refractivity contribution in [3.8, 4) is 0 Å². The van der Waals surface area contributed by atoms with Crippen LogP contribution in [0.25, 0.3) is 0 Å². The maximum absolute atomic E-state index is 14.2. The van der Waals surface area contributed by atoms with E-state index in [2.05, 4.69) is 10.1 Å². The zero-order valence-electron chi connectivity index (χ0n) is 12.0. The molecule has 0 atom stereocenters. The number of esters is 1. The summed E-state index contributed by atoms with van der Waals surface area (Å²) in [6, 6.07) is 8.92. The Morgan fingerprint density at radius 1 is 1.09 bits per heavy atom. The van der Waals surface area contributed by atoms with Crippen molar-refractivity contribution in [2.75, 3.05) is 12.4 Å². The van der Waals surface area contributed by atoms with Gasteiger partial charge < -0.3 is 10.1 Å². The molecule has 116 valence electrons. The summed E-state index contributed by atoms with van der Waals surface area (Å²) in [4.78, 5) is 11.6. The molecule has 0 amide bonds. The first-order valence-electron chi connectivity index (χ1n) is 6.50. The topological polar surface area (TPSA) is 38.3 Å². The van der Waals surface area contributed by atoms with E-state index in [0.29, 0.717) is 0 Å². The van der Waals surface area contributed by atoms with Crippen LogP contribution in [-0.2, 0) is 11.3 Å². The highest BCUT2D eigenvalue weighted by Gasteiger charge is 2.27. The van der Waals surface area contributed by atoms with Crippen LogP contribution in [0.4, 0.5) is 18.9 Å². The number of carbonyl (C=O) groups excluding carboxylic acids is 1. The number of rotatable bonds is 4. The van der Waals surface area contributed by atoms with Crippen LogP contribution >= 0.6 is 0 Å². The number of ether oxygens (including phenoxy) is 1. The van der Waals surface area contributed by atoms with Crippen LogP contribution < -0.4 is 5.32 Å². The molecule has 0 aromatic heterocycles. The van der Waals surface area contributed by atoms with Crippen LogP contribution in [0.15, 0.2) is 30.3 Å². The summed E-state index contributed by atoms with van der Waals surface area (Å²) in [7, 11) is 1.01. The first kappa shape index (κ1) is 15.9. The van der Waals surface area contributed by atoms with Gasteiger partial charge in [-0.15, -0.1) is 0 Å². The lowest BCUT2D eigenvalue weighted by Crippen LogP contribution is -2.15. The van der Waals surface area contributed by atoms with Crippen molar-refractivity contribution in [3.05, 3.63) is 64.5 Å². The molecule has 0 unspecified atom stereocenters. The van der Waals surface area contributed by atoms with Gasteiger partial charge in [-0.2, -0.15) is 0 Å². The Morgan fingerprint density at radius 2 is 1.73 bits per heavy atom.